The molecule has 0 spiro atoms. The summed E-state index contributed by atoms with van der Waals surface area (Å²) in [5.74, 6) is 0.342. The molecule has 3 nitrogen and oxygen atoms in total. The van der Waals surface area contributed by atoms with Crippen LogP contribution in [0.3, 0.4) is 0 Å². The van der Waals surface area contributed by atoms with Crippen LogP contribution in [0.4, 0.5) is 0 Å². The SMILES string of the molecule is Cc1ncc(-c2ccccc2)cc1CCNCc1ccccc1O. The van der Waals surface area contributed by atoms with E-state index < -0.39 is 0 Å². The Bertz CT molecular complexity index is 800. The number of aromatic nitrogens is 1. The predicted molar refractivity (Wildman–Crippen MR) is 97.9 cm³/mol. The van der Waals surface area contributed by atoms with Crippen LogP contribution in [0.1, 0.15) is 16.8 Å². The van der Waals surface area contributed by atoms with Crippen molar-refractivity contribution >= 4 is 0 Å². The molecule has 0 bridgehead atoms. The molecule has 0 atom stereocenters. The van der Waals surface area contributed by atoms with E-state index in [1.807, 2.05) is 49.5 Å². The fourth-order valence-electron chi connectivity index (χ4n) is 2.73. The van der Waals surface area contributed by atoms with Gasteiger partial charge in [-0.1, -0.05) is 48.5 Å². The Morgan fingerprint density at radius 1 is 0.917 bits per heavy atom. The zero-order valence-corrected chi connectivity index (χ0v) is 13.9. The second-order valence-corrected chi connectivity index (χ2v) is 5.89. The van der Waals surface area contributed by atoms with E-state index in [-0.39, 0.29) is 0 Å². The van der Waals surface area contributed by atoms with E-state index in [4.69, 9.17) is 0 Å². The molecule has 3 aromatic rings. The van der Waals surface area contributed by atoms with Gasteiger partial charge in [-0.2, -0.15) is 0 Å². The molecule has 0 saturated carbocycles. The first-order valence-corrected chi connectivity index (χ1v) is 8.22. The number of para-hydroxylation sites is 1. The molecule has 0 aliphatic heterocycles. The first kappa shape index (κ1) is 16.2. The van der Waals surface area contributed by atoms with Gasteiger partial charge in [0.2, 0.25) is 0 Å². The van der Waals surface area contributed by atoms with Gasteiger partial charge < -0.3 is 10.4 Å². The van der Waals surface area contributed by atoms with Crippen LogP contribution in [-0.4, -0.2) is 16.6 Å². The number of aryl methyl sites for hydroxylation is 1. The number of nitrogens with one attached hydrogen (secondary N) is 1. The number of pyridine rings is 1. The monoisotopic (exact) mass is 318 g/mol. The van der Waals surface area contributed by atoms with E-state index in [1.54, 1.807) is 6.07 Å². The largest absolute Gasteiger partial charge is 0.508 e. The van der Waals surface area contributed by atoms with E-state index >= 15 is 0 Å². The molecule has 0 aliphatic rings. The second kappa shape index (κ2) is 7.75. The molecule has 3 rings (SSSR count). The normalized spacial score (nSPS) is 10.7. The number of aromatic hydroxyl groups is 1. The molecular weight excluding hydrogens is 296 g/mol. The molecule has 0 saturated heterocycles. The molecule has 122 valence electrons. The lowest BCUT2D eigenvalue weighted by Gasteiger charge is -2.10. The topological polar surface area (TPSA) is 45.2 Å². The third-order valence-corrected chi connectivity index (χ3v) is 4.18. The van der Waals surface area contributed by atoms with Crippen LogP contribution in [0, 0.1) is 6.92 Å². The summed E-state index contributed by atoms with van der Waals surface area (Å²) < 4.78 is 0. The van der Waals surface area contributed by atoms with Gasteiger partial charge >= 0.3 is 0 Å². The Labute approximate surface area is 143 Å². The lowest BCUT2D eigenvalue weighted by molar-refractivity contribution is 0.464. The Kier molecular flexibility index (Phi) is 5.24. The molecule has 1 aromatic heterocycles. The minimum absolute atomic E-state index is 0.342. The Morgan fingerprint density at radius 2 is 1.67 bits per heavy atom. The maximum atomic E-state index is 9.78. The van der Waals surface area contributed by atoms with Gasteiger partial charge in [-0.05, 0) is 43.1 Å². The zero-order valence-electron chi connectivity index (χ0n) is 13.9. The fourth-order valence-corrected chi connectivity index (χ4v) is 2.73. The van der Waals surface area contributed by atoms with Crippen molar-refractivity contribution in [3.8, 4) is 16.9 Å². The fraction of sp³-hybridized carbons (Fsp3) is 0.190. The van der Waals surface area contributed by atoms with Gasteiger partial charge in [0.15, 0.2) is 0 Å². The van der Waals surface area contributed by atoms with Crippen molar-refractivity contribution in [1.82, 2.24) is 10.3 Å². The van der Waals surface area contributed by atoms with Gasteiger partial charge in [-0.15, -0.1) is 0 Å². The Hall–Kier alpha value is -2.65. The molecule has 2 N–H and O–H groups in total. The van der Waals surface area contributed by atoms with Crippen molar-refractivity contribution in [2.75, 3.05) is 6.54 Å². The van der Waals surface area contributed by atoms with Crippen molar-refractivity contribution in [3.63, 3.8) is 0 Å². The van der Waals surface area contributed by atoms with E-state index in [1.165, 1.54) is 11.1 Å². The highest BCUT2D eigenvalue weighted by Gasteiger charge is 2.04. The van der Waals surface area contributed by atoms with E-state index in [0.717, 1.165) is 29.8 Å². The number of phenolic OH excluding ortho intramolecular Hbond substituents is 1. The summed E-state index contributed by atoms with van der Waals surface area (Å²) in [7, 11) is 0. The van der Waals surface area contributed by atoms with Crippen LogP contribution in [-0.2, 0) is 13.0 Å². The lowest BCUT2D eigenvalue weighted by Crippen LogP contribution is -2.17. The van der Waals surface area contributed by atoms with Crippen molar-refractivity contribution < 1.29 is 5.11 Å². The van der Waals surface area contributed by atoms with Crippen molar-refractivity contribution in [1.29, 1.82) is 0 Å². The standard InChI is InChI=1S/C21H22N2O/c1-16-18(11-12-22-14-19-9-5-6-10-21(19)24)13-20(15-23-16)17-7-3-2-4-8-17/h2-10,13,15,22,24H,11-12,14H2,1H3. The van der Waals surface area contributed by atoms with E-state index in [9.17, 15) is 5.11 Å². The Balaban J connectivity index is 1.62. The average Bonchev–Trinajstić information content (AvgIpc) is 2.62. The average molecular weight is 318 g/mol. The molecule has 3 heteroatoms. The first-order valence-electron chi connectivity index (χ1n) is 8.22. The first-order chi connectivity index (χ1) is 11.7. The summed E-state index contributed by atoms with van der Waals surface area (Å²) in [6, 6.07) is 20.0. The maximum absolute atomic E-state index is 9.78. The summed E-state index contributed by atoms with van der Waals surface area (Å²) in [6.45, 7) is 3.56. The minimum Gasteiger partial charge on any atom is -0.508 e. The third-order valence-electron chi connectivity index (χ3n) is 4.18. The van der Waals surface area contributed by atoms with Crippen LogP contribution in [0.25, 0.3) is 11.1 Å². The van der Waals surface area contributed by atoms with Gasteiger partial charge in [0.1, 0.15) is 5.75 Å². The highest BCUT2D eigenvalue weighted by Crippen LogP contribution is 2.21. The van der Waals surface area contributed by atoms with Gasteiger partial charge in [0.05, 0.1) is 0 Å². The van der Waals surface area contributed by atoms with Crippen LogP contribution in [0.2, 0.25) is 0 Å². The number of phenols is 1. The van der Waals surface area contributed by atoms with Crippen LogP contribution in [0.5, 0.6) is 5.75 Å². The molecule has 0 unspecified atom stereocenters. The zero-order chi connectivity index (χ0) is 16.8. The molecule has 24 heavy (non-hydrogen) atoms. The van der Waals surface area contributed by atoms with Gasteiger partial charge in [0, 0.05) is 29.6 Å². The Morgan fingerprint density at radius 3 is 2.46 bits per heavy atom. The quantitative estimate of drug-likeness (QED) is 0.673. The number of hydrogen-bond donors (Lipinski definition) is 2. The molecular formula is C21H22N2O. The predicted octanol–water partition coefficient (Wildman–Crippen LogP) is 4.09. The summed E-state index contributed by atoms with van der Waals surface area (Å²) in [5.41, 5.74) is 5.58. The molecule has 1 heterocycles. The maximum Gasteiger partial charge on any atom is 0.120 e. The van der Waals surface area contributed by atoms with Crippen molar-refractivity contribution in [2.24, 2.45) is 0 Å². The van der Waals surface area contributed by atoms with Crippen molar-refractivity contribution in [3.05, 3.63) is 83.7 Å². The second-order valence-electron chi connectivity index (χ2n) is 5.89. The summed E-state index contributed by atoms with van der Waals surface area (Å²) in [5, 5.41) is 13.2. The number of hydrogen-bond acceptors (Lipinski definition) is 3. The molecule has 0 aliphatic carbocycles. The number of rotatable bonds is 6. The molecule has 0 fully saturated rings. The van der Waals surface area contributed by atoms with Crippen LogP contribution < -0.4 is 5.32 Å². The highest BCUT2D eigenvalue weighted by molar-refractivity contribution is 5.63. The van der Waals surface area contributed by atoms with Crippen molar-refractivity contribution in [2.45, 2.75) is 19.9 Å². The summed E-state index contributed by atoms with van der Waals surface area (Å²) >= 11 is 0. The van der Waals surface area contributed by atoms with E-state index in [2.05, 4.69) is 28.5 Å². The smallest absolute Gasteiger partial charge is 0.120 e. The lowest BCUT2D eigenvalue weighted by atomic mass is 10.0. The van der Waals surface area contributed by atoms with Gasteiger partial charge in [-0.25, -0.2) is 0 Å². The number of benzene rings is 2. The number of nitrogens with zero attached hydrogens (tertiary/aromatic N) is 1. The van der Waals surface area contributed by atoms with E-state index in [0.29, 0.717) is 12.3 Å². The highest BCUT2D eigenvalue weighted by atomic mass is 16.3. The summed E-state index contributed by atoms with van der Waals surface area (Å²) in [6.07, 6.45) is 2.84. The van der Waals surface area contributed by atoms with Crippen LogP contribution in [0.15, 0.2) is 66.9 Å². The minimum atomic E-state index is 0.342. The summed E-state index contributed by atoms with van der Waals surface area (Å²) in [4.78, 5) is 4.54. The molecule has 2 aromatic carbocycles. The molecule has 0 amide bonds. The molecule has 0 radical (unpaired) electrons. The van der Waals surface area contributed by atoms with Crippen LogP contribution >= 0.6 is 0 Å². The third kappa shape index (κ3) is 4.00. The van der Waals surface area contributed by atoms with Gasteiger partial charge in [-0.3, -0.25) is 4.98 Å². The van der Waals surface area contributed by atoms with Gasteiger partial charge in [0.25, 0.3) is 0 Å².